The quantitative estimate of drug-likeness (QED) is 0.854. The first-order valence-corrected chi connectivity index (χ1v) is 8.73. The number of hydrogen-bond acceptors (Lipinski definition) is 5. The lowest BCUT2D eigenvalue weighted by molar-refractivity contribution is -0.0196. The zero-order chi connectivity index (χ0) is 15.3. The largest absolute Gasteiger partial charge is 0.373 e. The predicted octanol–water partition coefficient (Wildman–Crippen LogP) is 2.58. The molecule has 2 aromatic rings. The van der Waals surface area contributed by atoms with Crippen molar-refractivity contribution in [1.29, 1.82) is 0 Å². The Kier molecular flexibility index (Phi) is 4.53. The molecule has 1 atom stereocenters. The molecular formula is C16H22ClN3O2S. The summed E-state index contributed by atoms with van der Waals surface area (Å²) in [7, 11) is 0. The topological polar surface area (TPSA) is 56.1 Å². The Balaban J connectivity index is 0.00000156. The van der Waals surface area contributed by atoms with Crippen molar-refractivity contribution in [2.75, 3.05) is 19.7 Å². The van der Waals surface area contributed by atoms with Gasteiger partial charge in [-0.3, -0.25) is 9.36 Å². The molecule has 2 aliphatic heterocycles. The van der Waals surface area contributed by atoms with Crippen LogP contribution < -0.4 is 10.9 Å². The molecule has 4 rings (SSSR count). The molecule has 126 valence electrons. The normalized spacial score (nSPS) is 23.3. The fourth-order valence-corrected chi connectivity index (χ4v) is 4.73. The average Bonchev–Trinajstić information content (AvgIpc) is 3.03. The molecule has 2 aliphatic rings. The standard InChI is InChI=1S/C16H21N3O2S.ClH/c1-10-11(2)22-14-13(10)15(20)19(9-18-14)12-7-16(21-8-12)3-5-17-6-4-16;/h9,12,17H,3-8H2,1-2H3;1H. The summed E-state index contributed by atoms with van der Waals surface area (Å²) in [6.45, 7) is 6.69. The molecule has 23 heavy (non-hydrogen) atoms. The van der Waals surface area contributed by atoms with Crippen molar-refractivity contribution < 1.29 is 4.74 Å². The van der Waals surface area contributed by atoms with Gasteiger partial charge in [0.1, 0.15) is 4.83 Å². The molecule has 4 heterocycles. The summed E-state index contributed by atoms with van der Waals surface area (Å²) in [5.74, 6) is 0. The monoisotopic (exact) mass is 355 g/mol. The maximum absolute atomic E-state index is 12.9. The van der Waals surface area contributed by atoms with Gasteiger partial charge in [0.2, 0.25) is 0 Å². The van der Waals surface area contributed by atoms with Crippen LogP contribution in [0.25, 0.3) is 10.2 Å². The van der Waals surface area contributed by atoms with E-state index in [2.05, 4.69) is 10.3 Å². The third kappa shape index (κ3) is 2.71. The first-order chi connectivity index (χ1) is 10.6. The van der Waals surface area contributed by atoms with Gasteiger partial charge in [-0.2, -0.15) is 0 Å². The van der Waals surface area contributed by atoms with Crippen LogP contribution in [0.15, 0.2) is 11.1 Å². The van der Waals surface area contributed by atoms with Crippen molar-refractivity contribution in [1.82, 2.24) is 14.9 Å². The van der Waals surface area contributed by atoms with Gasteiger partial charge in [-0.15, -0.1) is 23.7 Å². The van der Waals surface area contributed by atoms with Crippen molar-refractivity contribution in [3.63, 3.8) is 0 Å². The minimum atomic E-state index is -0.0378. The molecule has 0 aliphatic carbocycles. The number of rotatable bonds is 1. The number of piperidine rings is 1. The SMILES string of the molecule is Cc1sc2ncn(C3COC4(CCNCC4)C3)c(=O)c2c1C.Cl. The lowest BCUT2D eigenvalue weighted by Crippen LogP contribution is -2.41. The van der Waals surface area contributed by atoms with E-state index in [4.69, 9.17) is 4.74 Å². The molecule has 2 aromatic heterocycles. The van der Waals surface area contributed by atoms with Crippen LogP contribution in [0.4, 0.5) is 0 Å². The van der Waals surface area contributed by atoms with E-state index in [1.165, 1.54) is 4.88 Å². The molecule has 0 aromatic carbocycles. The Morgan fingerprint density at radius 2 is 2.13 bits per heavy atom. The minimum Gasteiger partial charge on any atom is -0.373 e. The Bertz CT molecular complexity index is 779. The Morgan fingerprint density at radius 1 is 1.39 bits per heavy atom. The van der Waals surface area contributed by atoms with E-state index in [-0.39, 0.29) is 29.6 Å². The fraction of sp³-hybridized carbons (Fsp3) is 0.625. The first-order valence-electron chi connectivity index (χ1n) is 7.91. The van der Waals surface area contributed by atoms with E-state index in [0.717, 1.165) is 48.1 Å². The molecule has 1 N–H and O–H groups in total. The van der Waals surface area contributed by atoms with Crippen LogP contribution in [-0.4, -0.2) is 34.8 Å². The van der Waals surface area contributed by atoms with Gasteiger partial charge in [-0.05, 0) is 51.8 Å². The fourth-order valence-electron chi connectivity index (χ4n) is 3.74. The Labute approximate surface area is 145 Å². The zero-order valence-corrected chi connectivity index (χ0v) is 15.1. The maximum Gasteiger partial charge on any atom is 0.262 e. The number of aryl methyl sites for hydroxylation is 2. The highest BCUT2D eigenvalue weighted by atomic mass is 35.5. The highest BCUT2D eigenvalue weighted by Gasteiger charge is 2.42. The van der Waals surface area contributed by atoms with Gasteiger partial charge in [0.25, 0.3) is 5.56 Å². The predicted molar refractivity (Wildman–Crippen MR) is 95.0 cm³/mol. The molecule has 2 fully saturated rings. The molecule has 1 spiro atoms. The van der Waals surface area contributed by atoms with Gasteiger partial charge in [0.15, 0.2) is 0 Å². The van der Waals surface area contributed by atoms with Gasteiger partial charge in [0, 0.05) is 4.88 Å². The van der Waals surface area contributed by atoms with E-state index in [0.29, 0.717) is 6.61 Å². The molecule has 5 nitrogen and oxygen atoms in total. The second-order valence-corrected chi connectivity index (χ2v) is 7.73. The van der Waals surface area contributed by atoms with Gasteiger partial charge < -0.3 is 10.1 Å². The van der Waals surface area contributed by atoms with E-state index in [1.54, 1.807) is 22.2 Å². The maximum atomic E-state index is 12.9. The lowest BCUT2D eigenvalue weighted by Gasteiger charge is -2.32. The summed E-state index contributed by atoms with van der Waals surface area (Å²) < 4.78 is 7.93. The van der Waals surface area contributed by atoms with Crippen molar-refractivity contribution >= 4 is 34.0 Å². The molecule has 2 saturated heterocycles. The van der Waals surface area contributed by atoms with Crippen LogP contribution in [0.3, 0.4) is 0 Å². The van der Waals surface area contributed by atoms with Crippen molar-refractivity contribution in [2.45, 2.75) is 44.8 Å². The second kappa shape index (κ2) is 6.16. The number of aromatic nitrogens is 2. The van der Waals surface area contributed by atoms with Gasteiger partial charge in [-0.25, -0.2) is 4.98 Å². The molecule has 1 unspecified atom stereocenters. The van der Waals surface area contributed by atoms with Gasteiger partial charge in [-0.1, -0.05) is 0 Å². The number of hydrogen-bond donors (Lipinski definition) is 1. The lowest BCUT2D eigenvalue weighted by atomic mass is 9.88. The number of ether oxygens (including phenoxy) is 1. The summed E-state index contributed by atoms with van der Waals surface area (Å²) in [5.41, 5.74) is 1.12. The van der Waals surface area contributed by atoms with Crippen LogP contribution in [0, 0.1) is 13.8 Å². The third-order valence-electron chi connectivity index (χ3n) is 5.21. The number of fused-ring (bicyclic) bond motifs is 1. The second-order valence-electron chi connectivity index (χ2n) is 6.52. The van der Waals surface area contributed by atoms with Crippen LogP contribution in [-0.2, 0) is 4.74 Å². The molecule has 0 bridgehead atoms. The van der Waals surface area contributed by atoms with E-state index >= 15 is 0 Å². The number of nitrogens with zero attached hydrogens (tertiary/aromatic N) is 2. The van der Waals surface area contributed by atoms with Gasteiger partial charge >= 0.3 is 0 Å². The molecular weight excluding hydrogens is 334 g/mol. The molecule has 0 radical (unpaired) electrons. The van der Waals surface area contributed by atoms with Crippen molar-refractivity contribution in [2.24, 2.45) is 0 Å². The highest BCUT2D eigenvalue weighted by Crippen LogP contribution is 2.39. The summed E-state index contributed by atoms with van der Waals surface area (Å²) in [5, 5.41) is 4.17. The summed E-state index contributed by atoms with van der Waals surface area (Å²) >= 11 is 1.60. The summed E-state index contributed by atoms with van der Waals surface area (Å²) in [4.78, 5) is 19.4. The van der Waals surface area contributed by atoms with E-state index in [1.807, 2.05) is 13.8 Å². The van der Waals surface area contributed by atoms with Gasteiger partial charge in [0.05, 0.1) is 30.0 Å². The van der Waals surface area contributed by atoms with E-state index < -0.39 is 0 Å². The van der Waals surface area contributed by atoms with E-state index in [9.17, 15) is 4.79 Å². The smallest absolute Gasteiger partial charge is 0.262 e. The summed E-state index contributed by atoms with van der Waals surface area (Å²) in [6.07, 6.45) is 4.70. The van der Waals surface area contributed by atoms with Crippen LogP contribution in [0.1, 0.15) is 35.7 Å². The summed E-state index contributed by atoms with van der Waals surface area (Å²) in [6, 6.07) is 0.113. The number of halogens is 1. The molecule has 0 saturated carbocycles. The zero-order valence-electron chi connectivity index (χ0n) is 13.4. The van der Waals surface area contributed by atoms with Crippen LogP contribution >= 0.6 is 23.7 Å². The van der Waals surface area contributed by atoms with Crippen molar-refractivity contribution in [3.05, 3.63) is 27.1 Å². The van der Waals surface area contributed by atoms with Crippen LogP contribution in [0.5, 0.6) is 0 Å². The number of nitrogens with one attached hydrogen (secondary N) is 1. The van der Waals surface area contributed by atoms with Crippen LogP contribution in [0.2, 0.25) is 0 Å². The third-order valence-corrected chi connectivity index (χ3v) is 6.33. The molecule has 0 amide bonds. The minimum absolute atomic E-state index is 0. The molecule has 7 heteroatoms. The highest BCUT2D eigenvalue weighted by molar-refractivity contribution is 7.18. The Hall–Kier alpha value is -0.950. The van der Waals surface area contributed by atoms with Crippen molar-refractivity contribution in [3.8, 4) is 0 Å². The Morgan fingerprint density at radius 3 is 2.87 bits per heavy atom. The number of thiophene rings is 1. The average molecular weight is 356 g/mol. The first kappa shape index (κ1) is 16.9.